The number of methoxy groups -OCH3 is 1. The van der Waals surface area contributed by atoms with Gasteiger partial charge in [0.2, 0.25) is 0 Å². The number of anilines is 1. The molecule has 0 unspecified atom stereocenters. The first-order valence-electron chi connectivity index (χ1n) is 11.7. The molecule has 178 valence electrons. The highest BCUT2D eigenvalue weighted by atomic mass is 16.5. The number of aromatic nitrogens is 1. The first-order valence-corrected chi connectivity index (χ1v) is 11.7. The quantitative estimate of drug-likeness (QED) is 0.505. The highest BCUT2D eigenvalue weighted by Gasteiger charge is 2.20. The predicted molar refractivity (Wildman–Crippen MR) is 133 cm³/mol. The van der Waals surface area contributed by atoms with Gasteiger partial charge in [0.25, 0.3) is 5.91 Å². The van der Waals surface area contributed by atoms with Gasteiger partial charge in [0.15, 0.2) is 11.5 Å². The molecule has 1 saturated heterocycles. The second-order valence-corrected chi connectivity index (χ2v) is 8.52. The van der Waals surface area contributed by atoms with E-state index in [0.29, 0.717) is 42.7 Å². The Balaban J connectivity index is 1.31. The Kier molecular flexibility index (Phi) is 7.99. The molecule has 4 rings (SSSR count). The first kappa shape index (κ1) is 23.6. The Morgan fingerprint density at radius 1 is 1.06 bits per heavy atom. The summed E-state index contributed by atoms with van der Waals surface area (Å²) in [4.78, 5) is 19.3. The zero-order chi connectivity index (χ0) is 23.8. The van der Waals surface area contributed by atoms with E-state index in [4.69, 9.17) is 15.2 Å². The van der Waals surface area contributed by atoms with Crippen LogP contribution in [0.2, 0.25) is 0 Å². The number of benzene rings is 2. The van der Waals surface area contributed by atoms with Crippen molar-refractivity contribution in [2.24, 2.45) is 11.7 Å². The number of hydrogen-bond donors (Lipinski definition) is 2. The van der Waals surface area contributed by atoms with E-state index in [1.165, 1.54) is 5.69 Å². The van der Waals surface area contributed by atoms with Crippen LogP contribution in [0.1, 0.15) is 34.3 Å². The minimum absolute atomic E-state index is 0.103. The van der Waals surface area contributed by atoms with Crippen molar-refractivity contribution in [1.82, 2.24) is 10.3 Å². The third-order valence-corrected chi connectivity index (χ3v) is 6.24. The van der Waals surface area contributed by atoms with E-state index < -0.39 is 0 Å². The summed E-state index contributed by atoms with van der Waals surface area (Å²) in [6.07, 6.45) is 5.74. The van der Waals surface area contributed by atoms with E-state index in [9.17, 15) is 4.79 Å². The normalized spacial score (nSPS) is 14.0. The fourth-order valence-electron chi connectivity index (χ4n) is 4.23. The molecule has 1 fully saturated rings. The minimum atomic E-state index is -0.103. The fourth-order valence-corrected chi connectivity index (χ4v) is 4.23. The minimum Gasteiger partial charge on any atom is -0.493 e. The van der Waals surface area contributed by atoms with Crippen LogP contribution in [-0.2, 0) is 13.2 Å². The molecule has 2 heterocycles. The van der Waals surface area contributed by atoms with Crippen LogP contribution >= 0.6 is 0 Å². The van der Waals surface area contributed by atoms with Gasteiger partial charge in [0, 0.05) is 49.8 Å². The summed E-state index contributed by atoms with van der Waals surface area (Å²) < 4.78 is 11.4. The van der Waals surface area contributed by atoms with Crippen LogP contribution in [0, 0.1) is 5.92 Å². The summed E-state index contributed by atoms with van der Waals surface area (Å²) in [7, 11) is 1.59. The third-order valence-electron chi connectivity index (χ3n) is 6.24. The molecule has 7 heteroatoms. The lowest BCUT2D eigenvalue weighted by atomic mass is 9.96. The van der Waals surface area contributed by atoms with Gasteiger partial charge in [-0.3, -0.25) is 9.78 Å². The number of nitrogens with one attached hydrogen (secondary N) is 1. The number of hydrogen-bond acceptors (Lipinski definition) is 6. The van der Waals surface area contributed by atoms with Gasteiger partial charge >= 0.3 is 0 Å². The molecule has 2 aromatic carbocycles. The van der Waals surface area contributed by atoms with Gasteiger partial charge < -0.3 is 25.4 Å². The van der Waals surface area contributed by atoms with Crippen LogP contribution in [0.3, 0.4) is 0 Å². The van der Waals surface area contributed by atoms with Crippen LogP contribution in [0.25, 0.3) is 0 Å². The van der Waals surface area contributed by atoms with Crippen molar-refractivity contribution in [2.75, 3.05) is 31.6 Å². The summed E-state index contributed by atoms with van der Waals surface area (Å²) in [5.74, 6) is 1.49. The van der Waals surface area contributed by atoms with Crippen molar-refractivity contribution in [3.63, 3.8) is 0 Å². The predicted octanol–water partition coefficient (Wildman–Crippen LogP) is 3.77. The van der Waals surface area contributed by atoms with Gasteiger partial charge in [0.05, 0.1) is 7.11 Å². The average Bonchev–Trinajstić information content (AvgIpc) is 2.91. The van der Waals surface area contributed by atoms with Crippen LogP contribution in [-0.4, -0.2) is 37.6 Å². The van der Waals surface area contributed by atoms with E-state index in [1.807, 2.05) is 48.8 Å². The zero-order valence-corrected chi connectivity index (χ0v) is 19.6. The molecule has 0 saturated carbocycles. The third kappa shape index (κ3) is 6.05. The number of carbonyl (C=O) groups excluding carboxylic acids is 1. The second kappa shape index (κ2) is 11.5. The van der Waals surface area contributed by atoms with Crippen LogP contribution < -0.4 is 25.4 Å². The molecule has 0 bridgehead atoms. The number of carbonyl (C=O) groups is 1. The number of nitrogens with two attached hydrogens (primary N) is 1. The number of rotatable bonds is 9. The second-order valence-electron chi connectivity index (χ2n) is 8.52. The Bertz CT molecular complexity index is 1080. The largest absolute Gasteiger partial charge is 0.493 e. The summed E-state index contributed by atoms with van der Waals surface area (Å²) in [5, 5.41) is 3.10. The van der Waals surface area contributed by atoms with E-state index >= 15 is 0 Å². The van der Waals surface area contributed by atoms with E-state index in [-0.39, 0.29) is 5.91 Å². The number of nitrogens with zero attached hydrogens (tertiary/aromatic N) is 2. The Hall–Kier alpha value is -3.58. The molecule has 1 amide bonds. The van der Waals surface area contributed by atoms with Gasteiger partial charge in [-0.25, -0.2) is 0 Å². The lowest BCUT2D eigenvalue weighted by Gasteiger charge is -2.33. The highest BCUT2D eigenvalue weighted by molar-refractivity contribution is 5.94. The van der Waals surface area contributed by atoms with Crippen molar-refractivity contribution in [1.29, 1.82) is 0 Å². The Labute approximate surface area is 200 Å². The SMILES string of the molecule is COc1ccc(C(=O)NCC2CCN(c3ccncc3)CC2)cc1OCc1cccc(CN)c1. The standard InChI is InChI=1S/C27H32N4O3/c1-33-25-6-5-23(16-26(25)34-19-22-4-2-3-21(15-22)17-28)27(32)30-18-20-9-13-31(14-10-20)24-7-11-29-12-8-24/h2-8,11-12,15-16,20H,9-10,13-14,17-19,28H2,1H3,(H,30,32). The van der Waals surface area contributed by atoms with Crippen molar-refractivity contribution in [3.05, 3.63) is 83.7 Å². The molecule has 34 heavy (non-hydrogen) atoms. The van der Waals surface area contributed by atoms with Crippen molar-refractivity contribution in [3.8, 4) is 11.5 Å². The molecule has 1 aliphatic heterocycles. The molecule has 1 aromatic heterocycles. The van der Waals surface area contributed by atoms with Crippen molar-refractivity contribution < 1.29 is 14.3 Å². The highest BCUT2D eigenvalue weighted by Crippen LogP contribution is 2.29. The van der Waals surface area contributed by atoms with Gasteiger partial charge in [-0.2, -0.15) is 0 Å². The van der Waals surface area contributed by atoms with Crippen molar-refractivity contribution >= 4 is 11.6 Å². The van der Waals surface area contributed by atoms with Crippen LogP contribution in [0.15, 0.2) is 67.0 Å². The maximum atomic E-state index is 12.8. The maximum Gasteiger partial charge on any atom is 0.251 e. The van der Waals surface area contributed by atoms with E-state index in [2.05, 4.69) is 15.2 Å². The number of pyridine rings is 1. The fraction of sp³-hybridized carbons (Fsp3) is 0.333. The van der Waals surface area contributed by atoms with Crippen molar-refractivity contribution in [2.45, 2.75) is 26.0 Å². The van der Waals surface area contributed by atoms with Crippen LogP contribution in [0.4, 0.5) is 5.69 Å². The lowest BCUT2D eigenvalue weighted by molar-refractivity contribution is 0.0944. The Morgan fingerprint density at radius 3 is 2.56 bits per heavy atom. The topological polar surface area (TPSA) is 89.7 Å². The zero-order valence-electron chi connectivity index (χ0n) is 19.6. The number of amides is 1. The van der Waals surface area contributed by atoms with E-state index in [0.717, 1.165) is 37.1 Å². The molecule has 3 aromatic rings. The molecule has 0 atom stereocenters. The number of ether oxygens (including phenoxy) is 2. The van der Waals surface area contributed by atoms with Gasteiger partial charge in [-0.15, -0.1) is 0 Å². The van der Waals surface area contributed by atoms with Gasteiger partial charge in [-0.1, -0.05) is 24.3 Å². The molecule has 7 nitrogen and oxygen atoms in total. The molecule has 0 aliphatic carbocycles. The molecule has 0 spiro atoms. The molecular weight excluding hydrogens is 428 g/mol. The van der Waals surface area contributed by atoms with E-state index in [1.54, 1.807) is 25.3 Å². The number of piperidine rings is 1. The molecular formula is C27H32N4O3. The summed E-state index contributed by atoms with van der Waals surface area (Å²) in [6.45, 7) is 3.48. The van der Waals surface area contributed by atoms with Gasteiger partial charge in [-0.05, 0) is 60.2 Å². The molecule has 3 N–H and O–H groups in total. The Morgan fingerprint density at radius 2 is 1.82 bits per heavy atom. The molecule has 1 aliphatic rings. The molecule has 0 radical (unpaired) electrons. The van der Waals surface area contributed by atoms with Crippen LogP contribution in [0.5, 0.6) is 11.5 Å². The lowest BCUT2D eigenvalue weighted by Crippen LogP contribution is -2.38. The first-order chi connectivity index (χ1) is 16.7. The maximum absolute atomic E-state index is 12.8. The smallest absolute Gasteiger partial charge is 0.251 e. The summed E-state index contributed by atoms with van der Waals surface area (Å²) >= 11 is 0. The summed E-state index contributed by atoms with van der Waals surface area (Å²) in [5.41, 5.74) is 9.55. The monoisotopic (exact) mass is 460 g/mol. The summed E-state index contributed by atoms with van der Waals surface area (Å²) in [6, 6.07) is 17.3. The van der Waals surface area contributed by atoms with Gasteiger partial charge in [0.1, 0.15) is 6.61 Å². The average molecular weight is 461 g/mol.